The molecule has 2 aromatic rings. The molecule has 3 atom stereocenters. The van der Waals surface area contributed by atoms with Gasteiger partial charge in [-0.3, -0.25) is 9.59 Å². The molecule has 6 nitrogen and oxygen atoms in total. The van der Waals surface area contributed by atoms with Gasteiger partial charge in [-0.15, -0.1) is 0 Å². The van der Waals surface area contributed by atoms with Crippen LogP contribution < -0.4 is 5.32 Å². The first-order chi connectivity index (χ1) is 17.0. The van der Waals surface area contributed by atoms with E-state index in [4.69, 9.17) is 4.74 Å². The molecule has 3 aliphatic heterocycles. The Bertz CT molecular complexity index is 1030. The van der Waals surface area contributed by atoms with Crippen molar-refractivity contribution >= 4 is 17.7 Å². The van der Waals surface area contributed by atoms with E-state index in [-0.39, 0.29) is 23.9 Å². The number of aromatic nitrogens is 1. The molecule has 4 heterocycles. The number of ether oxygens (including phenoxy) is 1. The van der Waals surface area contributed by atoms with Crippen molar-refractivity contribution in [2.45, 2.75) is 63.9 Å². The second-order valence-corrected chi connectivity index (χ2v) is 11.0. The van der Waals surface area contributed by atoms with E-state index in [9.17, 15) is 9.59 Å². The van der Waals surface area contributed by atoms with Gasteiger partial charge in [0.25, 0.3) is 5.91 Å². The van der Waals surface area contributed by atoms with Gasteiger partial charge >= 0.3 is 5.97 Å². The number of pyridine rings is 1. The summed E-state index contributed by atoms with van der Waals surface area (Å²) in [5, 5.41) is 2.96. The van der Waals surface area contributed by atoms with E-state index >= 15 is 0 Å². The molecule has 2 bridgehead atoms. The van der Waals surface area contributed by atoms with Gasteiger partial charge in [0.05, 0.1) is 19.0 Å². The van der Waals surface area contributed by atoms with Gasteiger partial charge in [0, 0.05) is 25.0 Å². The number of nitrogens with one attached hydrogen (secondary N) is 1. The Morgan fingerprint density at radius 3 is 2.60 bits per heavy atom. The Morgan fingerprint density at radius 1 is 1.03 bits per heavy atom. The lowest BCUT2D eigenvalue weighted by Crippen LogP contribution is -2.66. The normalized spacial score (nSPS) is 30.3. The van der Waals surface area contributed by atoms with Crippen molar-refractivity contribution in [1.29, 1.82) is 0 Å². The number of carbonyl (C=O) groups excluding carboxylic acids is 2. The summed E-state index contributed by atoms with van der Waals surface area (Å²) in [5.74, 6) is 1.56. The van der Waals surface area contributed by atoms with E-state index in [2.05, 4.69) is 40.6 Å². The SMILES string of the molecule is Cc1ccnc(NC(=O)C[N+]23CCC(CC2)[C@@H](OC(=O)C2CCCC(c4ccccc4)CC2)C3)c1. The van der Waals surface area contributed by atoms with Crippen LogP contribution in [-0.4, -0.2) is 53.6 Å². The first-order valence-electron chi connectivity index (χ1n) is 13.3. The number of esters is 1. The van der Waals surface area contributed by atoms with Crippen LogP contribution in [0, 0.1) is 18.8 Å². The van der Waals surface area contributed by atoms with E-state index in [0.717, 1.165) is 70.1 Å². The topological polar surface area (TPSA) is 68.3 Å². The fraction of sp³-hybridized carbons (Fsp3) is 0.552. The number of fused-ring (bicyclic) bond motifs is 3. The number of carbonyl (C=O) groups is 2. The summed E-state index contributed by atoms with van der Waals surface area (Å²) < 4.78 is 6.92. The second kappa shape index (κ2) is 10.5. The van der Waals surface area contributed by atoms with Crippen molar-refractivity contribution in [1.82, 2.24) is 4.98 Å². The van der Waals surface area contributed by atoms with Gasteiger partial charge in [0.15, 0.2) is 12.6 Å². The third-order valence-electron chi connectivity index (χ3n) is 8.54. The number of piperidine rings is 3. The van der Waals surface area contributed by atoms with Crippen molar-refractivity contribution < 1.29 is 18.8 Å². The van der Waals surface area contributed by atoms with Crippen molar-refractivity contribution in [3.8, 4) is 0 Å². The van der Waals surface area contributed by atoms with E-state index in [1.165, 1.54) is 5.56 Å². The lowest BCUT2D eigenvalue weighted by molar-refractivity contribution is -0.939. The number of amides is 1. The monoisotopic (exact) mass is 476 g/mol. The zero-order valence-electron chi connectivity index (χ0n) is 20.8. The van der Waals surface area contributed by atoms with Crippen LogP contribution in [-0.2, 0) is 14.3 Å². The molecule has 0 spiro atoms. The smallest absolute Gasteiger partial charge is 0.309 e. The minimum absolute atomic E-state index is 0.00306. The number of quaternary nitrogens is 1. The summed E-state index contributed by atoms with van der Waals surface area (Å²) in [5.41, 5.74) is 2.46. The molecule has 1 saturated carbocycles. The largest absolute Gasteiger partial charge is 0.456 e. The Labute approximate surface area is 208 Å². The summed E-state index contributed by atoms with van der Waals surface area (Å²) in [7, 11) is 0. The fourth-order valence-corrected chi connectivity index (χ4v) is 6.51. The molecule has 186 valence electrons. The van der Waals surface area contributed by atoms with Crippen molar-refractivity contribution in [3.05, 3.63) is 59.8 Å². The lowest BCUT2D eigenvalue weighted by atomic mass is 9.83. The van der Waals surface area contributed by atoms with Gasteiger partial charge in [-0.2, -0.15) is 0 Å². The van der Waals surface area contributed by atoms with Crippen molar-refractivity contribution in [3.63, 3.8) is 0 Å². The second-order valence-electron chi connectivity index (χ2n) is 11.0. The molecule has 4 fully saturated rings. The zero-order valence-corrected chi connectivity index (χ0v) is 20.8. The number of rotatable bonds is 6. The van der Waals surface area contributed by atoms with E-state index < -0.39 is 0 Å². The lowest BCUT2D eigenvalue weighted by Gasteiger charge is -2.51. The molecule has 35 heavy (non-hydrogen) atoms. The van der Waals surface area contributed by atoms with Crippen LogP contribution in [0.3, 0.4) is 0 Å². The number of nitrogens with zero attached hydrogens (tertiary/aromatic N) is 2. The van der Waals surface area contributed by atoms with Crippen LogP contribution in [0.25, 0.3) is 0 Å². The van der Waals surface area contributed by atoms with Crippen molar-refractivity contribution in [2.75, 3.05) is 31.5 Å². The summed E-state index contributed by atoms with van der Waals surface area (Å²) in [4.78, 5) is 30.3. The molecule has 6 heteroatoms. The number of aryl methyl sites for hydroxylation is 1. The van der Waals surface area contributed by atoms with Gasteiger partial charge in [0.1, 0.15) is 12.4 Å². The number of benzene rings is 1. The fourth-order valence-electron chi connectivity index (χ4n) is 6.51. The molecule has 6 rings (SSSR count). The summed E-state index contributed by atoms with van der Waals surface area (Å²) >= 11 is 0. The molecular formula is C29H38N3O3+. The van der Waals surface area contributed by atoms with Gasteiger partial charge < -0.3 is 14.5 Å². The predicted molar refractivity (Wildman–Crippen MR) is 136 cm³/mol. The van der Waals surface area contributed by atoms with E-state index in [1.807, 2.05) is 19.1 Å². The van der Waals surface area contributed by atoms with Crippen LogP contribution >= 0.6 is 0 Å². The quantitative estimate of drug-likeness (QED) is 0.368. The summed E-state index contributed by atoms with van der Waals surface area (Å²) in [6, 6.07) is 14.5. The number of hydrogen-bond donors (Lipinski definition) is 1. The highest BCUT2D eigenvalue weighted by atomic mass is 16.5. The Kier molecular flexibility index (Phi) is 7.19. The van der Waals surface area contributed by atoms with Crippen LogP contribution in [0.4, 0.5) is 5.82 Å². The first kappa shape index (κ1) is 24.0. The van der Waals surface area contributed by atoms with Gasteiger partial charge in [0.2, 0.25) is 0 Å². The molecule has 2 unspecified atom stereocenters. The molecular weight excluding hydrogens is 438 g/mol. The van der Waals surface area contributed by atoms with Crippen LogP contribution in [0.15, 0.2) is 48.7 Å². The maximum Gasteiger partial charge on any atom is 0.309 e. The Morgan fingerprint density at radius 2 is 1.83 bits per heavy atom. The molecule has 3 saturated heterocycles. The van der Waals surface area contributed by atoms with Crippen LogP contribution in [0.5, 0.6) is 0 Å². The molecule has 4 aliphatic rings. The standard InChI is InChI=1S/C29H37N3O3/c1-21-12-15-30-27(18-21)31-28(33)20-32-16-13-24(14-17-32)26(19-32)35-29(34)25-9-5-8-23(10-11-25)22-6-3-2-4-7-22/h2-4,6-7,12,15,18,23-26H,5,8-11,13-14,16-17,19-20H2,1H3/p+1/t23?,24?,25?,26-,32?/m0/s1. The summed E-state index contributed by atoms with van der Waals surface area (Å²) in [6.45, 7) is 5.12. The average Bonchev–Trinajstić information content (AvgIpc) is 3.11. The van der Waals surface area contributed by atoms with Gasteiger partial charge in [-0.1, -0.05) is 36.8 Å². The van der Waals surface area contributed by atoms with E-state index in [1.54, 1.807) is 6.20 Å². The minimum Gasteiger partial charge on any atom is -0.456 e. The Balaban J connectivity index is 1.16. The van der Waals surface area contributed by atoms with Gasteiger partial charge in [-0.25, -0.2) is 4.98 Å². The first-order valence-corrected chi connectivity index (χ1v) is 13.3. The Hall–Kier alpha value is -2.73. The molecule has 1 aromatic carbocycles. The van der Waals surface area contributed by atoms with Crippen LogP contribution in [0.1, 0.15) is 62.0 Å². The van der Waals surface area contributed by atoms with Gasteiger partial charge in [-0.05, 0) is 61.8 Å². The number of hydrogen-bond acceptors (Lipinski definition) is 4. The maximum atomic E-state index is 13.2. The molecule has 1 aliphatic carbocycles. The van der Waals surface area contributed by atoms with Crippen LogP contribution in [0.2, 0.25) is 0 Å². The highest BCUT2D eigenvalue weighted by Gasteiger charge is 2.49. The minimum atomic E-state index is -0.0666. The van der Waals surface area contributed by atoms with E-state index in [0.29, 0.717) is 28.7 Å². The predicted octanol–water partition coefficient (Wildman–Crippen LogP) is 4.84. The van der Waals surface area contributed by atoms with Crippen molar-refractivity contribution in [2.24, 2.45) is 11.8 Å². The third-order valence-corrected chi connectivity index (χ3v) is 8.54. The average molecular weight is 477 g/mol. The molecule has 0 radical (unpaired) electrons. The molecule has 1 N–H and O–H groups in total. The highest BCUT2D eigenvalue weighted by molar-refractivity contribution is 5.90. The summed E-state index contributed by atoms with van der Waals surface area (Å²) in [6.07, 6.45) is 8.78. The molecule has 1 amide bonds. The maximum absolute atomic E-state index is 13.2. The molecule has 1 aromatic heterocycles. The number of anilines is 1. The zero-order chi connectivity index (χ0) is 24.3. The third kappa shape index (κ3) is 5.75. The highest BCUT2D eigenvalue weighted by Crippen LogP contribution is 2.38.